The van der Waals surface area contributed by atoms with Crippen molar-refractivity contribution < 1.29 is 35.6 Å². The minimum absolute atomic E-state index is 0.201. The summed E-state index contributed by atoms with van der Waals surface area (Å²) in [5.41, 5.74) is -1.89. The zero-order valence-corrected chi connectivity index (χ0v) is 32.0. The van der Waals surface area contributed by atoms with E-state index in [1.165, 1.54) is 0 Å². The van der Waals surface area contributed by atoms with E-state index in [0.29, 0.717) is 54.7 Å². The van der Waals surface area contributed by atoms with Crippen molar-refractivity contribution in [2.45, 2.75) is 0 Å². The van der Waals surface area contributed by atoms with Crippen LogP contribution in [-0.2, 0) is 0 Å². The minimum atomic E-state index is -0.829. The molecule has 0 aliphatic heterocycles. The quantitative estimate of drug-likeness (QED) is 0.152. The molecule has 0 bridgehead atoms. The molecule has 0 radical (unpaired) electrons. The van der Waals surface area contributed by atoms with E-state index in [1.54, 1.807) is 69.8 Å². The molecule has 12 rings (SSSR count). The maximum atomic E-state index is 9.44. The standard InChI is InChI=1S/C60H40N2/c1-3-11-41(12-4-1)43-19-23-45(24-20-43)47-27-33-51(34-28-47)61-57-17-9-7-15-53(57)55-39-49(31-37-59(55)61)50-32-38-60-56(40-50)54-16-8-10-18-58(54)62(60)52-35-29-48(30-36-52)46-25-21-44(22-26-46)42-13-5-2-6-14-42/h1-40H/i1D,2D,3D,4D,5D,6D,11D,12D,13D,14D,19D,20D,21D,22D,23D,24D,25D,26D,27D,28D,29D,30D,33D,34D,35D,36D. The lowest BCUT2D eigenvalue weighted by atomic mass is 10.00. The van der Waals surface area contributed by atoms with Gasteiger partial charge in [0.15, 0.2) is 0 Å². The number of aromatic nitrogens is 2. The Bertz CT molecular complexity index is 4680. The van der Waals surface area contributed by atoms with Gasteiger partial charge in [0.25, 0.3) is 0 Å². The fourth-order valence-electron chi connectivity index (χ4n) is 7.75. The van der Waals surface area contributed by atoms with Crippen LogP contribution in [0.25, 0.3) is 111 Å². The lowest BCUT2D eigenvalue weighted by Gasteiger charge is -2.11. The summed E-state index contributed by atoms with van der Waals surface area (Å²) in [7, 11) is 0. The summed E-state index contributed by atoms with van der Waals surface area (Å²) in [5, 5.41) is 2.53. The fourth-order valence-corrected chi connectivity index (χ4v) is 7.75. The van der Waals surface area contributed by atoms with Gasteiger partial charge in [-0.15, -0.1) is 0 Å². The second-order valence-corrected chi connectivity index (χ2v) is 14.1. The second-order valence-electron chi connectivity index (χ2n) is 14.1. The molecule has 2 aromatic heterocycles. The molecule has 12 aromatic rings. The Kier molecular flexibility index (Phi) is 4.35. The summed E-state index contributed by atoms with van der Waals surface area (Å²) in [4.78, 5) is 0. The lowest BCUT2D eigenvalue weighted by Crippen LogP contribution is -1.94. The van der Waals surface area contributed by atoms with Gasteiger partial charge in [-0.2, -0.15) is 0 Å². The van der Waals surface area contributed by atoms with Gasteiger partial charge >= 0.3 is 0 Å². The van der Waals surface area contributed by atoms with Gasteiger partial charge in [0.05, 0.1) is 57.7 Å². The molecule has 0 fully saturated rings. The van der Waals surface area contributed by atoms with Gasteiger partial charge in [0.2, 0.25) is 0 Å². The maximum Gasteiger partial charge on any atom is 0.0645 e. The number of rotatable bonds is 7. The van der Waals surface area contributed by atoms with E-state index in [9.17, 15) is 11.0 Å². The number of benzene rings is 10. The van der Waals surface area contributed by atoms with Gasteiger partial charge in [-0.25, -0.2) is 0 Å². The van der Waals surface area contributed by atoms with Gasteiger partial charge in [-0.1, -0.05) is 181 Å². The molecule has 0 spiro atoms. The number of hydrogen-bond donors (Lipinski definition) is 0. The monoisotopic (exact) mass is 814 g/mol. The van der Waals surface area contributed by atoms with Crippen LogP contribution in [0, 0.1) is 0 Å². The topological polar surface area (TPSA) is 9.86 Å². The zero-order chi connectivity index (χ0) is 63.6. The average Bonchev–Trinajstić information content (AvgIpc) is 1.29. The number of hydrogen-bond acceptors (Lipinski definition) is 0. The SMILES string of the molecule is [2H]c1c([2H])c([2H])c(-c2c([2H])c([2H])c(-c3c([2H])c([2H])c(-n4c5ccccc5c5cc(-c6ccc7c(c6)c6ccccc6n7-c6c([2H])c([2H])c(-c7c([2H])c([2H])c(-c8c([2H])c([2H])c([2H])c([2H])c8[2H])c([2H])c7[2H])c([2H])c6[2H])ccc54)c([2H])c3[2H])c([2H])c2[2H])c([2H])c1[2H]. The highest BCUT2D eigenvalue weighted by atomic mass is 15.0. The Balaban J connectivity index is 0.975. The molecule has 2 heteroatoms. The predicted octanol–water partition coefficient (Wildman–Crippen LogP) is 16.2. The molecule has 0 atom stereocenters. The van der Waals surface area contributed by atoms with Crippen molar-refractivity contribution in [2.24, 2.45) is 0 Å². The molecule has 62 heavy (non-hydrogen) atoms. The molecular weight excluding hydrogens is 749 g/mol. The molecule has 2 nitrogen and oxygen atoms in total. The zero-order valence-electron chi connectivity index (χ0n) is 58.0. The molecule has 0 N–H and O–H groups in total. The summed E-state index contributed by atoms with van der Waals surface area (Å²) in [5.74, 6) is 0. The van der Waals surface area contributed by atoms with E-state index >= 15 is 0 Å². The van der Waals surface area contributed by atoms with Crippen LogP contribution in [0.3, 0.4) is 0 Å². The summed E-state index contributed by atoms with van der Waals surface area (Å²) >= 11 is 0. The Morgan fingerprint density at radius 3 is 0.887 bits per heavy atom. The second kappa shape index (κ2) is 14.8. The first kappa shape index (κ1) is 18.2. The Morgan fingerprint density at radius 1 is 0.242 bits per heavy atom. The molecule has 2 heterocycles. The van der Waals surface area contributed by atoms with Crippen LogP contribution in [0.15, 0.2) is 242 Å². The fraction of sp³-hybridized carbons (Fsp3) is 0. The normalized spacial score (nSPS) is 17.4. The van der Waals surface area contributed by atoms with Crippen molar-refractivity contribution in [3.8, 4) is 67.0 Å². The Morgan fingerprint density at radius 2 is 0.532 bits per heavy atom. The first-order chi connectivity index (χ1) is 41.6. The van der Waals surface area contributed by atoms with Gasteiger partial charge in [0.1, 0.15) is 0 Å². The number of fused-ring (bicyclic) bond motifs is 6. The van der Waals surface area contributed by atoms with Crippen LogP contribution in [-0.4, -0.2) is 9.13 Å². The largest absolute Gasteiger partial charge is 0.309 e. The number of para-hydroxylation sites is 2. The molecule has 0 saturated heterocycles. The maximum absolute atomic E-state index is 9.44. The van der Waals surface area contributed by atoms with Crippen LogP contribution < -0.4 is 0 Å². The van der Waals surface area contributed by atoms with Crippen molar-refractivity contribution in [2.75, 3.05) is 0 Å². The number of nitrogens with zero attached hydrogens (tertiary/aromatic N) is 2. The Labute approximate surface area is 397 Å². The molecule has 10 aromatic carbocycles. The third kappa shape index (κ3) is 6.12. The third-order valence-electron chi connectivity index (χ3n) is 10.6. The van der Waals surface area contributed by atoms with E-state index in [0.717, 1.165) is 0 Å². The van der Waals surface area contributed by atoms with Crippen LogP contribution in [0.1, 0.15) is 35.6 Å². The average molecular weight is 815 g/mol. The van der Waals surface area contributed by atoms with Crippen molar-refractivity contribution in [1.29, 1.82) is 0 Å². The predicted molar refractivity (Wildman–Crippen MR) is 262 cm³/mol. The van der Waals surface area contributed by atoms with Crippen LogP contribution in [0.2, 0.25) is 0 Å². The third-order valence-corrected chi connectivity index (χ3v) is 10.6. The van der Waals surface area contributed by atoms with Gasteiger partial charge in [-0.05, 0) is 116 Å². The van der Waals surface area contributed by atoms with E-state index in [-0.39, 0.29) is 11.4 Å². The molecule has 0 aliphatic carbocycles. The highest BCUT2D eigenvalue weighted by Crippen LogP contribution is 2.39. The van der Waals surface area contributed by atoms with E-state index in [1.807, 2.05) is 24.3 Å². The summed E-state index contributed by atoms with van der Waals surface area (Å²) < 4.78 is 233. The van der Waals surface area contributed by atoms with E-state index < -0.39 is 202 Å². The summed E-state index contributed by atoms with van der Waals surface area (Å²) in [6.45, 7) is 0. The molecule has 0 saturated carbocycles. The van der Waals surface area contributed by atoms with Crippen LogP contribution in [0.4, 0.5) is 0 Å². The smallest absolute Gasteiger partial charge is 0.0645 e. The molecule has 290 valence electrons. The summed E-state index contributed by atoms with van der Waals surface area (Å²) in [6, 6.07) is 5.51. The first-order valence-electron chi connectivity index (χ1n) is 32.2. The van der Waals surface area contributed by atoms with Gasteiger partial charge in [0, 0.05) is 32.9 Å². The van der Waals surface area contributed by atoms with E-state index in [2.05, 4.69) is 0 Å². The van der Waals surface area contributed by atoms with Gasteiger partial charge in [-0.3, -0.25) is 0 Å². The summed E-state index contributed by atoms with van der Waals surface area (Å²) in [6.07, 6.45) is 0. The minimum Gasteiger partial charge on any atom is -0.309 e. The first-order valence-corrected chi connectivity index (χ1v) is 19.2. The molecule has 0 amide bonds. The molecule has 0 unspecified atom stereocenters. The molecule has 0 aliphatic rings. The van der Waals surface area contributed by atoms with Crippen LogP contribution in [0.5, 0.6) is 0 Å². The lowest BCUT2D eigenvalue weighted by molar-refractivity contribution is 1.18. The van der Waals surface area contributed by atoms with Crippen molar-refractivity contribution in [1.82, 2.24) is 9.13 Å². The van der Waals surface area contributed by atoms with Crippen molar-refractivity contribution >= 4 is 43.6 Å². The van der Waals surface area contributed by atoms with Crippen LogP contribution >= 0.6 is 0 Å². The molecular formula is C60H40N2. The highest BCUT2D eigenvalue weighted by molar-refractivity contribution is 6.12. The Hall–Kier alpha value is -8.20. The van der Waals surface area contributed by atoms with E-state index in [4.69, 9.17) is 24.7 Å². The highest BCUT2D eigenvalue weighted by Gasteiger charge is 2.16. The van der Waals surface area contributed by atoms with Crippen molar-refractivity contribution in [3.63, 3.8) is 0 Å². The van der Waals surface area contributed by atoms with Gasteiger partial charge < -0.3 is 9.13 Å². The van der Waals surface area contributed by atoms with Crippen molar-refractivity contribution in [3.05, 3.63) is 242 Å².